The number of hydrogen-bond acceptors (Lipinski definition) is 1. The minimum atomic E-state index is 0.874. The Bertz CT molecular complexity index is 283. The largest absolute Gasteiger partial charge is 0.497 e. The molecule has 0 amide bonds. The van der Waals surface area contributed by atoms with E-state index in [1.54, 1.807) is 7.11 Å². The molecule has 2 nitrogen and oxygen atoms in total. The van der Waals surface area contributed by atoms with E-state index in [2.05, 4.69) is 17.4 Å². The predicted octanol–water partition coefficient (Wildman–Crippen LogP) is 1.36. The molecule has 0 N–H and O–H groups in total. The normalized spacial score (nSPS) is 15.4. The van der Waals surface area contributed by atoms with Crippen LogP contribution in [0.2, 0.25) is 0 Å². The second-order valence-corrected chi connectivity index (χ2v) is 2.99. The van der Waals surface area contributed by atoms with Crippen LogP contribution in [-0.2, 0) is 13.0 Å². The van der Waals surface area contributed by atoms with Crippen LogP contribution < -0.4 is 10.1 Å². The van der Waals surface area contributed by atoms with Crippen molar-refractivity contribution in [3.05, 3.63) is 29.3 Å². The van der Waals surface area contributed by atoms with Crippen LogP contribution in [0.25, 0.3) is 0 Å². The van der Waals surface area contributed by atoms with Crippen molar-refractivity contribution in [1.82, 2.24) is 5.32 Å². The monoisotopic (exact) mass is 162 g/mol. The lowest BCUT2D eigenvalue weighted by molar-refractivity contribution is 0.413. The summed E-state index contributed by atoms with van der Waals surface area (Å²) in [6.45, 7) is 1.83. The number of nitrogens with zero attached hydrogens (tertiary/aromatic N) is 1. The Balaban J connectivity index is 2.36. The van der Waals surface area contributed by atoms with E-state index in [1.807, 2.05) is 6.07 Å². The fraction of sp³-hybridized carbons (Fsp3) is 0.400. The zero-order valence-corrected chi connectivity index (χ0v) is 7.21. The summed E-state index contributed by atoms with van der Waals surface area (Å²) < 4.78 is 5.15. The Morgan fingerprint density at radius 1 is 1.33 bits per heavy atom. The molecule has 0 spiro atoms. The first-order valence-electron chi connectivity index (χ1n) is 4.19. The van der Waals surface area contributed by atoms with Gasteiger partial charge in [0, 0.05) is 13.1 Å². The minimum absolute atomic E-state index is 0.874. The number of hydrogen-bond donors (Lipinski definition) is 0. The molecule has 1 heterocycles. The lowest BCUT2D eigenvalue weighted by Gasteiger charge is -2.15. The molecule has 0 unspecified atom stereocenters. The van der Waals surface area contributed by atoms with Gasteiger partial charge in [-0.15, -0.1) is 0 Å². The molecule has 1 aliphatic rings. The molecule has 2 rings (SSSR count). The molecule has 12 heavy (non-hydrogen) atoms. The summed E-state index contributed by atoms with van der Waals surface area (Å²) in [5.41, 5.74) is 2.74. The number of benzene rings is 1. The molecule has 0 aliphatic carbocycles. The molecule has 0 aromatic heterocycles. The lowest BCUT2D eigenvalue weighted by Crippen LogP contribution is -2.17. The molecule has 0 saturated carbocycles. The molecule has 2 heteroatoms. The van der Waals surface area contributed by atoms with Gasteiger partial charge >= 0.3 is 0 Å². The molecule has 0 bridgehead atoms. The maximum Gasteiger partial charge on any atom is 0.119 e. The third-order valence-electron chi connectivity index (χ3n) is 2.23. The zero-order chi connectivity index (χ0) is 8.39. The number of fused-ring (bicyclic) bond motifs is 1. The average Bonchev–Trinajstić information content (AvgIpc) is 2.17. The smallest absolute Gasteiger partial charge is 0.119 e. The SMILES string of the molecule is COc1ccc2c(c1)CC[N]C2. The van der Waals surface area contributed by atoms with Gasteiger partial charge in [0.05, 0.1) is 7.11 Å². The highest BCUT2D eigenvalue weighted by atomic mass is 16.5. The Kier molecular flexibility index (Phi) is 2.00. The van der Waals surface area contributed by atoms with E-state index in [4.69, 9.17) is 4.74 Å². The fourth-order valence-electron chi connectivity index (χ4n) is 1.52. The zero-order valence-electron chi connectivity index (χ0n) is 7.21. The van der Waals surface area contributed by atoms with Gasteiger partial charge in [0.15, 0.2) is 0 Å². The van der Waals surface area contributed by atoms with E-state index in [-0.39, 0.29) is 0 Å². The van der Waals surface area contributed by atoms with Crippen molar-refractivity contribution in [3.63, 3.8) is 0 Å². The predicted molar refractivity (Wildman–Crippen MR) is 47.4 cm³/mol. The van der Waals surface area contributed by atoms with Crippen molar-refractivity contribution in [2.45, 2.75) is 13.0 Å². The van der Waals surface area contributed by atoms with Crippen LogP contribution in [0.1, 0.15) is 11.1 Å². The molecule has 0 saturated heterocycles. The van der Waals surface area contributed by atoms with Crippen molar-refractivity contribution in [1.29, 1.82) is 0 Å². The van der Waals surface area contributed by atoms with Crippen LogP contribution in [0, 0.1) is 0 Å². The molecule has 0 fully saturated rings. The van der Waals surface area contributed by atoms with E-state index < -0.39 is 0 Å². The van der Waals surface area contributed by atoms with Gasteiger partial charge in [-0.3, -0.25) is 0 Å². The number of ether oxygens (including phenoxy) is 1. The molecule has 1 aromatic carbocycles. The molecular formula is C10H12NO. The second-order valence-electron chi connectivity index (χ2n) is 2.99. The van der Waals surface area contributed by atoms with E-state index in [0.29, 0.717) is 0 Å². The summed E-state index contributed by atoms with van der Waals surface area (Å²) in [4.78, 5) is 0. The summed E-state index contributed by atoms with van der Waals surface area (Å²) in [5.74, 6) is 0.954. The van der Waals surface area contributed by atoms with E-state index in [1.165, 1.54) is 11.1 Å². The van der Waals surface area contributed by atoms with Gasteiger partial charge in [0.1, 0.15) is 5.75 Å². The minimum Gasteiger partial charge on any atom is -0.497 e. The highest BCUT2D eigenvalue weighted by molar-refractivity contribution is 5.36. The van der Waals surface area contributed by atoms with Crippen LogP contribution in [0.15, 0.2) is 18.2 Å². The Morgan fingerprint density at radius 2 is 2.25 bits per heavy atom. The van der Waals surface area contributed by atoms with E-state index in [9.17, 15) is 0 Å². The molecule has 1 radical (unpaired) electrons. The van der Waals surface area contributed by atoms with Gasteiger partial charge in [-0.2, -0.15) is 0 Å². The maximum atomic E-state index is 5.15. The van der Waals surface area contributed by atoms with E-state index in [0.717, 1.165) is 25.3 Å². The first-order valence-corrected chi connectivity index (χ1v) is 4.19. The summed E-state index contributed by atoms with van der Waals surface area (Å²) >= 11 is 0. The maximum absolute atomic E-state index is 5.15. The Labute approximate surface area is 72.5 Å². The van der Waals surface area contributed by atoms with Crippen molar-refractivity contribution in [2.75, 3.05) is 13.7 Å². The number of methoxy groups -OCH3 is 1. The standard InChI is InChI=1S/C10H12NO/c1-12-10-3-2-9-7-11-5-4-8(9)6-10/h2-3,6H,4-5,7H2,1H3. The van der Waals surface area contributed by atoms with Gasteiger partial charge in [-0.25, -0.2) is 5.32 Å². The second kappa shape index (κ2) is 3.15. The van der Waals surface area contributed by atoms with Gasteiger partial charge in [-0.1, -0.05) is 6.07 Å². The van der Waals surface area contributed by atoms with Crippen molar-refractivity contribution >= 4 is 0 Å². The van der Waals surface area contributed by atoms with Gasteiger partial charge in [-0.05, 0) is 29.7 Å². The first kappa shape index (κ1) is 7.62. The van der Waals surface area contributed by atoms with Crippen molar-refractivity contribution in [2.24, 2.45) is 0 Å². The fourth-order valence-corrected chi connectivity index (χ4v) is 1.52. The molecule has 1 aliphatic heterocycles. The summed E-state index contributed by atoms with van der Waals surface area (Å²) in [6.07, 6.45) is 1.06. The molecule has 1 aromatic rings. The Morgan fingerprint density at radius 3 is 3.08 bits per heavy atom. The number of rotatable bonds is 1. The van der Waals surface area contributed by atoms with Gasteiger partial charge < -0.3 is 4.74 Å². The van der Waals surface area contributed by atoms with Crippen LogP contribution in [0.4, 0.5) is 0 Å². The van der Waals surface area contributed by atoms with Gasteiger partial charge in [0.25, 0.3) is 0 Å². The average molecular weight is 162 g/mol. The third kappa shape index (κ3) is 1.30. The van der Waals surface area contributed by atoms with Crippen LogP contribution in [0.3, 0.4) is 0 Å². The van der Waals surface area contributed by atoms with Crippen molar-refractivity contribution < 1.29 is 4.74 Å². The molecule has 0 atom stereocenters. The highest BCUT2D eigenvalue weighted by Gasteiger charge is 2.09. The molecule has 63 valence electrons. The van der Waals surface area contributed by atoms with Crippen LogP contribution in [0.5, 0.6) is 5.75 Å². The molecular weight excluding hydrogens is 150 g/mol. The van der Waals surface area contributed by atoms with Gasteiger partial charge in [0.2, 0.25) is 0 Å². The highest BCUT2D eigenvalue weighted by Crippen LogP contribution is 2.20. The summed E-state index contributed by atoms with van der Waals surface area (Å²) in [7, 11) is 1.70. The van der Waals surface area contributed by atoms with Crippen molar-refractivity contribution in [3.8, 4) is 5.75 Å². The summed E-state index contributed by atoms with van der Waals surface area (Å²) in [6, 6.07) is 6.22. The van der Waals surface area contributed by atoms with Crippen LogP contribution in [-0.4, -0.2) is 13.7 Å². The third-order valence-corrected chi connectivity index (χ3v) is 2.23. The topological polar surface area (TPSA) is 23.3 Å². The van der Waals surface area contributed by atoms with E-state index >= 15 is 0 Å². The lowest BCUT2D eigenvalue weighted by atomic mass is 10.0. The summed E-state index contributed by atoms with van der Waals surface area (Å²) in [5, 5.41) is 4.33. The first-order chi connectivity index (χ1) is 5.90. The quantitative estimate of drug-likeness (QED) is 0.611. The Hall–Kier alpha value is -1.02. The van der Waals surface area contributed by atoms with Crippen LogP contribution >= 0.6 is 0 Å².